The molecule has 0 saturated carbocycles. The Morgan fingerprint density at radius 2 is 1.75 bits per heavy atom. The number of hydrogen-bond donors (Lipinski definition) is 2. The number of nitrogens with zero attached hydrogens (tertiary/aromatic N) is 2. The number of benzene rings is 1. The molecule has 0 amide bonds. The minimum absolute atomic E-state index is 0.00367. The Hall–Kier alpha value is -2.00. The first-order valence-electron chi connectivity index (χ1n) is 11.6. The summed E-state index contributed by atoms with van der Waals surface area (Å²) in [6, 6.07) is 10.5. The van der Waals surface area contributed by atoms with E-state index < -0.39 is 11.9 Å². The second-order valence-electron chi connectivity index (χ2n) is 8.82. The number of carboxylic acids is 1. The fourth-order valence-electron chi connectivity index (χ4n) is 4.78. The molecule has 1 aromatic carbocycles. The topological polar surface area (TPSA) is 99.5 Å². The van der Waals surface area contributed by atoms with Crippen molar-refractivity contribution in [3.8, 4) is 0 Å². The Kier molecular flexibility index (Phi) is 9.47. The lowest BCUT2D eigenvalue weighted by Crippen LogP contribution is -2.43. The summed E-state index contributed by atoms with van der Waals surface area (Å²) in [6.07, 6.45) is 4.50. The number of ether oxygens (including phenoxy) is 2. The maximum absolute atomic E-state index is 12.4. The first-order chi connectivity index (χ1) is 15.5. The smallest absolute Gasteiger partial charge is 0.316 e. The standard InChI is InChI=1S/C17H23NO3.C7H13NO3/c1-18-13-7-8-14(18)10-15(9-13)21-17(20)16(11-19)12-5-3-2-4-6-12;9-7(10)1-2-8-3-5-11-6-4-8/h2-6,13-16,19H,7-11H2,1H3;1-6H2,(H,9,10)/t13-,14+,15?,16?;. The molecule has 1 aromatic rings. The quantitative estimate of drug-likeness (QED) is 0.609. The van der Waals surface area contributed by atoms with Crippen molar-refractivity contribution in [1.82, 2.24) is 9.80 Å². The third-order valence-corrected chi connectivity index (χ3v) is 6.75. The van der Waals surface area contributed by atoms with Gasteiger partial charge in [-0.05, 0) is 38.3 Å². The second-order valence-corrected chi connectivity index (χ2v) is 8.82. The second kappa shape index (κ2) is 12.3. The van der Waals surface area contributed by atoms with E-state index in [9.17, 15) is 14.7 Å². The summed E-state index contributed by atoms with van der Waals surface area (Å²) in [5, 5.41) is 17.9. The normalized spacial score (nSPS) is 26.6. The zero-order chi connectivity index (χ0) is 22.9. The van der Waals surface area contributed by atoms with Crippen molar-refractivity contribution in [2.75, 3.05) is 46.5 Å². The maximum Gasteiger partial charge on any atom is 0.316 e. The Morgan fingerprint density at radius 3 is 2.31 bits per heavy atom. The van der Waals surface area contributed by atoms with Crippen LogP contribution in [0.5, 0.6) is 0 Å². The van der Waals surface area contributed by atoms with Gasteiger partial charge in [0.2, 0.25) is 0 Å². The van der Waals surface area contributed by atoms with E-state index in [1.807, 2.05) is 30.3 Å². The summed E-state index contributed by atoms with van der Waals surface area (Å²) >= 11 is 0. The first kappa shape index (κ1) is 24.6. The molecule has 2 N–H and O–H groups in total. The van der Waals surface area contributed by atoms with Crippen LogP contribution in [0.1, 0.15) is 43.6 Å². The zero-order valence-corrected chi connectivity index (χ0v) is 18.9. The van der Waals surface area contributed by atoms with E-state index in [1.54, 1.807) is 0 Å². The van der Waals surface area contributed by atoms with E-state index in [-0.39, 0.29) is 25.1 Å². The molecule has 4 rings (SSSR count). The molecule has 0 radical (unpaired) electrons. The number of aliphatic carboxylic acids is 1. The van der Waals surface area contributed by atoms with E-state index in [2.05, 4.69) is 16.8 Å². The van der Waals surface area contributed by atoms with Gasteiger partial charge in [-0.3, -0.25) is 14.5 Å². The van der Waals surface area contributed by atoms with Gasteiger partial charge in [0.25, 0.3) is 0 Å². The molecule has 0 aliphatic carbocycles. The van der Waals surface area contributed by atoms with Crippen LogP contribution in [0.25, 0.3) is 0 Å². The average Bonchev–Trinajstić information content (AvgIpc) is 3.00. The summed E-state index contributed by atoms with van der Waals surface area (Å²) < 4.78 is 10.8. The van der Waals surface area contributed by atoms with Gasteiger partial charge in [-0.1, -0.05) is 30.3 Å². The number of esters is 1. The molecule has 8 heteroatoms. The molecule has 8 nitrogen and oxygen atoms in total. The van der Waals surface area contributed by atoms with Crippen molar-refractivity contribution in [2.24, 2.45) is 0 Å². The number of carbonyl (C=O) groups excluding carboxylic acids is 1. The predicted molar refractivity (Wildman–Crippen MR) is 119 cm³/mol. The molecule has 32 heavy (non-hydrogen) atoms. The van der Waals surface area contributed by atoms with Crippen molar-refractivity contribution in [2.45, 2.75) is 56.2 Å². The molecule has 0 spiro atoms. The van der Waals surface area contributed by atoms with Gasteiger partial charge >= 0.3 is 11.9 Å². The van der Waals surface area contributed by atoms with Gasteiger partial charge in [0.05, 0.1) is 26.2 Å². The Balaban J connectivity index is 0.000000222. The Labute approximate surface area is 190 Å². The molecule has 4 atom stereocenters. The number of piperidine rings is 1. The highest BCUT2D eigenvalue weighted by molar-refractivity contribution is 5.78. The third-order valence-electron chi connectivity index (χ3n) is 6.75. The predicted octanol–water partition coefficient (Wildman–Crippen LogP) is 1.72. The van der Waals surface area contributed by atoms with Crippen molar-refractivity contribution in [1.29, 1.82) is 0 Å². The van der Waals surface area contributed by atoms with E-state index in [1.165, 1.54) is 12.8 Å². The van der Waals surface area contributed by atoms with Crippen molar-refractivity contribution in [3.63, 3.8) is 0 Å². The number of aliphatic hydroxyl groups excluding tert-OH is 1. The van der Waals surface area contributed by atoms with Crippen LogP contribution in [0, 0.1) is 0 Å². The highest BCUT2D eigenvalue weighted by Gasteiger charge is 2.40. The Bertz CT molecular complexity index is 710. The zero-order valence-electron chi connectivity index (χ0n) is 18.9. The lowest BCUT2D eigenvalue weighted by atomic mass is 9.98. The summed E-state index contributed by atoms with van der Waals surface area (Å²) in [5.41, 5.74) is 0.820. The molecule has 3 aliphatic rings. The van der Waals surface area contributed by atoms with Gasteiger partial charge in [-0.15, -0.1) is 0 Å². The third kappa shape index (κ3) is 7.00. The number of carbonyl (C=O) groups is 2. The van der Waals surface area contributed by atoms with Gasteiger partial charge in [-0.25, -0.2) is 0 Å². The lowest BCUT2D eigenvalue weighted by Gasteiger charge is -2.36. The van der Waals surface area contributed by atoms with Gasteiger partial charge < -0.3 is 24.6 Å². The van der Waals surface area contributed by atoms with Gasteiger partial charge in [0.1, 0.15) is 12.0 Å². The van der Waals surface area contributed by atoms with E-state index in [4.69, 9.17) is 14.6 Å². The fourth-order valence-corrected chi connectivity index (χ4v) is 4.78. The summed E-state index contributed by atoms with van der Waals surface area (Å²) in [7, 11) is 2.17. The minimum Gasteiger partial charge on any atom is -0.481 e. The minimum atomic E-state index is -0.725. The van der Waals surface area contributed by atoms with Crippen LogP contribution in [0.3, 0.4) is 0 Å². The molecular formula is C24H36N2O6. The van der Waals surface area contributed by atoms with Crippen molar-refractivity contribution < 1.29 is 29.3 Å². The molecule has 2 unspecified atom stereocenters. The van der Waals surface area contributed by atoms with Gasteiger partial charge in [0.15, 0.2) is 0 Å². The summed E-state index contributed by atoms with van der Waals surface area (Å²) in [4.78, 5) is 27.1. The largest absolute Gasteiger partial charge is 0.481 e. The van der Waals surface area contributed by atoms with Crippen LogP contribution in [0.15, 0.2) is 30.3 Å². The number of carboxylic acid groups (broad SMARTS) is 1. The SMILES string of the molecule is CN1[C@@H]2CC[C@H]1CC(OC(=O)C(CO)c1ccccc1)C2.O=C(O)CCN1CCOCC1. The molecule has 0 aromatic heterocycles. The van der Waals surface area contributed by atoms with Crippen molar-refractivity contribution >= 4 is 11.9 Å². The van der Waals surface area contributed by atoms with Crippen LogP contribution in [-0.2, 0) is 19.1 Å². The van der Waals surface area contributed by atoms with E-state index in [0.29, 0.717) is 18.6 Å². The monoisotopic (exact) mass is 448 g/mol. The molecule has 3 saturated heterocycles. The van der Waals surface area contributed by atoms with E-state index in [0.717, 1.165) is 44.7 Å². The highest BCUT2D eigenvalue weighted by Crippen LogP contribution is 2.36. The Morgan fingerprint density at radius 1 is 1.12 bits per heavy atom. The molecule has 178 valence electrons. The summed E-state index contributed by atoms with van der Waals surface area (Å²) in [6.45, 7) is 3.65. The molecule has 2 bridgehead atoms. The van der Waals surface area contributed by atoms with Gasteiger partial charge in [-0.2, -0.15) is 0 Å². The molecule has 3 heterocycles. The van der Waals surface area contributed by atoms with Crippen molar-refractivity contribution in [3.05, 3.63) is 35.9 Å². The number of morpholine rings is 1. The maximum atomic E-state index is 12.4. The fraction of sp³-hybridized carbons (Fsp3) is 0.667. The van der Waals surface area contributed by atoms with Gasteiger partial charge in [0, 0.05) is 31.7 Å². The summed E-state index contributed by atoms with van der Waals surface area (Å²) in [5.74, 6) is -1.59. The number of hydrogen-bond acceptors (Lipinski definition) is 7. The van der Waals surface area contributed by atoms with Crippen LogP contribution in [-0.4, -0.2) is 96.6 Å². The number of fused-ring (bicyclic) bond motifs is 2. The molecule has 3 aliphatic heterocycles. The molecule has 3 fully saturated rings. The number of aliphatic hydroxyl groups is 1. The van der Waals surface area contributed by atoms with Crippen LogP contribution in [0.4, 0.5) is 0 Å². The van der Waals surface area contributed by atoms with Crippen LogP contribution < -0.4 is 0 Å². The van der Waals surface area contributed by atoms with Crippen LogP contribution in [0.2, 0.25) is 0 Å². The van der Waals surface area contributed by atoms with E-state index >= 15 is 0 Å². The first-order valence-corrected chi connectivity index (χ1v) is 11.6. The molecular weight excluding hydrogens is 412 g/mol. The number of rotatable bonds is 7. The lowest BCUT2D eigenvalue weighted by molar-refractivity contribution is -0.155. The highest BCUT2D eigenvalue weighted by atomic mass is 16.5. The average molecular weight is 449 g/mol. The van der Waals surface area contributed by atoms with Crippen LogP contribution >= 0.6 is 0 Å².